The molecule has 1 aromatic rings. The Morgan fingerprint density at radius 1 is 1.32 bits per heavy atom. The highest BCUT2D eigenvalue weighted by Gasteiger charge is 2.32. The van der Waals surface area contributed by atoms with Crippen LogP contribution in [0.4, 0.5) is 0 Å². The Kier molecular flexibility index (Phi) is 4.49. The number of hydrogen-bond acceptors (Lipinski definition) is 3. The summed E-state index contributed by atoms with van der Waals surface area (Å²) in [5.74, 6) is -1.05. The van der Waals surface area contributed by atoms with Gasteiger partial charge in [0.15, 0.2) is 0 Å². The molecule has 1 aliphatic carbocycles. The van der Waals surface area contributed by atoms with Crippen molar-refractivity contribution in [1.82, 2.24) is 10.3 Å². The molecule has 2 N–H and O–H groups in total. The van der Waals surface area contributed by atoms with E-state index in [9.17, 15) is 9.59 Å². The number of aliphatic carboxylic acids is 1. The Morgan fingerprint density at radius 2 is 2.05 bits per heavy atom. The molecule has 1 aromatic heterocycles. The van der Waals surface area contributed by atoms with Gasteiger partial charge < -0.3 is 10.4 Å². The lowest BCUT2D eigenvalue weighted by atomic mass is 9.96. The van der Waals surface area contributed by atoms with Crippen molar-refractivity contribution >= 4 is 11.9 Å². The summed E-state index contributed by atoms with van der Waals surface area (Å²) in [6.45, 7) is 0.459. The highest BCUT2D eigenvalue weighted by molar-refractivity contribution is 5.78. The third-order valence-corrected chi connectivity index (χ3v) is 3.65. The summed E-state index contributed by atoms with van der Waals surface area (Å²) in [4.78, 5) is 26.7. The zero-order valence-corrected chi connectivity index (χ0v) is 10.7. The van der Waals surface area contributed by atoms with Crippen LogP contribution in [0.25, 0.3) is 0 Å². The zero-order chi connectivity index (χ0) is 13.7. The summed E-state index contributed by atoms with van der Waals surface area (Å²) in [5, 5.41) is 11.9. The maximum absolute atomic E-state index is 11.8. The molecule has 0 aromatic carbocycles. The number of hydrogen-bond donors (Lipinski definition) is 2. The third kappa shape index (κ3) is 3.77. The van der Waals surface area contributed by atoms with Gasteiger partial charge in [0.05, 0.1) is 12.3 Å². The summed E-state index contributed by atoms with van der Waals surface area (Å²) in [6.07, 6.45) is 6.15. The Hall–Kier alpha value is -1.91. The normalized spacial score (nSPS) is 22.1. The van der Waals surface area contributed by atoms with E-state index in [0.29, 0.717) is 13.0 Å². The minimum absolute atomic E-state index is 0.0674. The van der Waals surface area contributed by atoms with Crippen molar-refractivity contribution in [3.05, 3.63) is 30.1 Å². The van der Waals surface area contributed by atoms with E-state index in [1.807, 2.05) is 0 Å². The Morgan fingerprint density at radius 3 is 2.74 bits per heavy atom. The van der Waals surface area contributed by atoms with E-state index in [2.05, 4.69) is 10.3 Å². The van der Waals surface area contributed by atoms with Crippen LogP contribution in [0.5, 0.6) is 0 Å². The van der Waals surface area contributed by atoms with Crippen molar-refractivity contribution in [3.8, 4) is 0 Å². The number of aromatic nitrogens is 1. The molecule has 1 fully saturated rings. The second-order valence-corrected chi connectivity index (χ2v) is 4.97. The fourth-order valence-corrected chi connectivity index (χ4v) is 2.60. The number of nitrogens with zero attached hydrogens (tertiary/aromatic N) is 1. The lowest BCUT2D eigenvalue weighted by Gasteiger charge is -2.16. The number of rotatable bonds is 5. The van der Waals surface area contributed by atoms with E-state index in [1.165, 1.54) is 0 Å². The lowest BCUT2D eigenvalue weighted by molar-refractivity contribution is -0.143. The average Bonchev–Trinajstić information content (AvgIpc) is 2.86. The van der Waals surface area contributed by atoms with Gasteiger partial charge in [-0.15, -0.1) is 0 Å². The van der Waals surface area contributed by atoms with E-state index in [4.69, 9.17) is 5.11 Å². The predicted octanol–water partition coefficient (Wildman–Crippen LogP) is 1.24. The molecule has 102 valence electrons. The first-order chi connectivity index (χ1) is 9.16. The molecule has 2 unspecified atom stereocenters. The first kappa shape index (κ1) is 13.5. The molecule has 0 saturated heterocycles. The molecule has 1 saturated carbocycles. The Bertz CT molecular complexity index is 447. The summed E-state index contributed by atoms with van der Waals surface area (Å²) < 4.78 is 0. The van der Waals surface area contributed by atoms with E-state index in [1.54, 1.807) is 24.5 Å². The molecule has 19 heavy (non-hydrogen) atoms. The summed E-state index contributed by atoms with van der Waals surface area (Å²) in [5.41, 5.74) is 0.911. The van der Waals surface area contributed by atoms with E-state index in [-0.39, 0.29) is 17.7 Å². The summed E-state index contributed by atoms with van der Waals surface area (Å²) in [7, 11) is 0. The molecule has 0 bridgehead atoms. The topological polar surface area (TPSA) is 79.3 Å². The monoisotopic (exact) mass is 262 g/mol. The van der Waals surface area contributed by atoms with Crippen LogP contribution >= 0.6 is 0 Å². The molecule has 5 nitrogen and oxygen atoms in total. The average molecular weight is 262 g/mol. The van der Waals surface area contributed by atoms with Crippen molar-refractivity contribution in [2.75, 3.05) is 6.54 Å². The van der Waals surface area contributed by atoms with Gasteiger partial charge >= 0.3 is 5.97 Å². The molecular formula is C14H18N2O3. The van der Waals surface area contributed by atoms with Crippen LogP contribution in [0, 0.1) is 11.8 Å². The Balaban J connectivity index is 1.79. The van der Waals surface area contributed by atoms with Crippen molar-refractivity contribution in [2.24, 2.45) is 11.8 Å². The van der Waals surface area contributed by atoms with Crippen LogP contribution in [-0.4, -0.2) is 28.5 Å². The van der Waals surface area contributed by atoms with Crippen molar-refractivity contribution in [1.29, 1.82) is 0 Å². The maximum atomic E-state index is 11.8. The highest BCUT2D eigenvalue weighted by Crippen LogP contribution is 2.31. The zero-order valence-electron chi connectivity index (χ0n) is 10.7. The fraction of sp³-hybridized carbons (Fsp3) is 0.500. The second kappa shape index (κ2) is 6.31. The summed E-state index contributed by atoms with van der Waals surface area (Å²) >= 11 is 0. The quantitative estimate of drug-likeness (QED) is 0.836. The molecule has 0 aliphatic heterocycles. The summed E-state index contributed by atoms with van der Waals surface area (Å²) in [6, 6.07) is 3.60. The maximum Gasteiger partial charge on any atom is 0.306 e. The van der Waals surface area contributed by atoms with Gasteiger partial charge in [0.2, 0.25) is 5.91 Å². The molecule has 5 heteroatoms. The van der Waals surface area contributed by atoms with Gasteiger partial charge in [-0.3, -0.25) is 14.6 Å². The van der Waals surface area contributed by atoms with Gasteiger partial charge in [0.1, 0.15) is 0 Å². The van der Waals surface area contributed by atoms with E-state index < -0.39 is 5.97 Å². The first-order valence-corrected chi connectivity index (χ1v) is 6.55. The number of carboxylic acid groups (broad SMARTS) is 1. The largest absolute Gasteiger partial charge is 0.481 e. The molecule has 2 rings (SSSR count). The molecule has 1 heterocycles. The van der Waals surface area contributed by atoms with Gasteiger partial charge in [-0.05, 0) is 36.5 Å². The molecule has 2 atom stereocenters. The molecule has 1 aliphatic rings. The van der Waals surface area contributed by atoms with Crippen LogP contribution in [0.1, 0.15) is 24.8 Å². The highest BCUT2D eigenvalue weighted by atomic mass is 16.4. The molecule has 0 radical (unpaired) electrons. The van der Waals surface area contributed by atoms with Crippen LogP contribution in [0.2, 0.25) is 0 Å². The van der Waals surface area contributed by atoms with E-state index in [0.717, 1.165) is 24.8 Å². The SMILES string of the molecule is O=C(Cc1ccncc1)NCC1CCCC1C(=O)O. The Labute approximate surface area is 112 Å². The van der Waals surface area contributed by atoms with Gasteiger partial charge in [-0.25, -0.2) is 0 Å². The number of carboxylic acids is 1. The van der Waals surface area contributed by atoms with Crippen molar-refractivity contribution < 1.29 is 14.7 Å². The van der Waals surface area contributed by atoms with Crippen molar-refractivity contribution in [3.63, 3.8) is 0 Å². The van der Waals surface area contributed by atoms with Crippen LogP contribution in [-0.2, 0) is 16.0 Å². The van der Waals surface area contributed by atoms with Crippen LogP contribution < -0.4 is 5.32 Å². The lowest BCUT2D eigenvalue weighted by Crippen LogP contribution is -2.33. The minimum atomic E-state index is -0.745. The van der Waals surface area contributed by atoms with E-state index >= 15 is 0 Å². The molecule has 1 amide bonds. The smallest absolute Gasteiger partial charge is 0.306 e. The minimum Gasteiger partial charge on any atom is -0.481 e. The standard InChI is InChI=1S/C14H18N2O3/c17-13(8-10-4-6-15-7-5-10)16-9-11-2-1-3-12(11)14(18)19/h4-7,11-12H,1-3,8-9H2,(H,16,17)(H,18,19). The number of carbonyl (C=O) groups excluding carboxylic acids is 1. The van der Waals surface area contributed by atoms with Crippen LogP contribution in [0.3, 0.4) is 0 Å². The van der Waals surface area contributed by atoms with Gasteiger partial charge in [0, 0.05) is 18.9 Å². The number of pyridine rings is 1. The molecule has 0 spiro atoms. The third-order valence-electron chi connectivity index (χ3n) is 3.65. The fourth-order valence-electron chi connectivity index (χ4n) is 2.60. The molecular weight excluding hydrogens is 244 g/mol. The number of carbonyl (C=O) groups is 2. The van der Waals surface area contributed by atoms with Crippen molar-refractivity contribution in [2.45, 2.75) is 25.7 Å². The van der Waals surface area contributed by atoms with Crippen LogP contribution in [0.15, 0.2) is 24.5 Å². The number of nitrogens with one attached hydrogen (secondary N) is 1. The number of amides is 1. The van der Waals surface area contributed by atoms with Gasteiger partial charge in [-0.1, -0.05) is 6.42 Å². The second-order valence-electron chi connectivity index (χ2n) is 4.97. The predicted molar refractivity (Wildman–Crippen MR) is 69.4 cm³/mol. The first-order valence-electron chi connectivity index (χ1n) is 6.55. The van der Waals surface area contributed by atoms with Gasteiger partial charge in [0.25, 0.3) is 0 Å². The van der Waals surface area contributed by atoms with Gasteiger partial charge in [-0.2, -0.15) is 0 Å².